The quantitative estimate of drug-likeness (QED) is 0.752. The van der Waals surface area contributed by atoms with Gasteiger partial charge in [0.15, 0.2) is 0 Å². The SMILES string of the molecule is Cc1ccc(NC(=O)C2CCCNC2)cc1S(=O)(=O)Nc1ccccc1. The molecule has 138 valence electrons. The molecule has 1 atom stereocenters. The van der Waals surface area contributed by atoms with Crippen molar-refractivity contribution in [3.63, 3.8) is 0 Å². The van der Waals surface area contributed by atoms with Crippen molar-refractivity contribution in [2.75, 3.05) is 23.1 Å². The highest BCUT2D eigenvalue weighted by atomic mass is 32.2. The van der Waals surface area contributed by atoms with Crippen LogP contribution >= 0.6 is 0 Å². The van der Waals surface area contributed by atoms with Crippen LogP contribution in [0.5, 0.6) is 0 Å². The fourth-order valence-corrected chi connectivity index (χ4v) is 4.33. The molecule has 1 aliphatic rings. The zero-order chi connectivity index (χ0) is 18.6. The van der Waals surface area contributed by atoms with Gasteiger partial charge in [-0.3, -0.25) is 9.52 Å². The van der Waals surface area contributed by atoms with E-state index in [2.05, 4.69) is 15.4 Å². The van der Waals surface area contributed by atoms with Crippen molar-refractivity contribution >= 4 is 27.3 Å². The number of benzene rings is 2. The van der Waals surface area contributed by atoms with Crippen molar-refractivity contribution in [1.29, 1.82) is 0 Å². The molecule has 0 saturated carbocycles. The summed E-state index contributed by atoms with van der Waals surface area (Å²) in [5.41, 5.74) is 1.60. The second kappa shape index (κ2) is 7.88. The second-order valence-corrected chi connectivity index (χ2v) is 8.14. The van der Waals surface area contributed by atoms with E-state index in [1.165, 1.54) is 6.07 Å². The number of carbonyl (C=O) groups excluding carboxylic acids is 1. The van der Waals surface area contributed by atoms with Gasteiger partial charge in [0, 0.05) is 17.9 Å². The van der Waals surface area contributed by atoms with Crippen molar-refractivity contribution in [2.45, 2.75) is 24.7 Å². The molecular weight excluding hydrogens is 350 g/mol. The zero-order valence-electron chi connectivity index (χ0n) is 14.7. The molecule has 1 heterocycles. The summed E-state index contributed by atoms with van der Waals surface area (Å²) in [5, 5.41) is 6.05. The highest BCUT2D eigenvalue weighted by Crippen LogP contribution is 2.23. The van der Waals surface area contributed by atoms with Gasteiger partial charge in [-0.25, -0.2) is 8.42 Å². The Morgan fingerprint density at radius 2 is 1.88 bits per heavy atom. The van der Waals surface area contributed by atoms with Gasteiger partial charge in [0.2, 0.25) is 5.91 Å². The lowest BCUT2D eigenvalue weighted by atomic mass is 9.99. The Labute approximate surface area is 154 Å². The molecule has 3 N–H and O–H groups in total. The predicted molar refractivity (Wildman–Crippen MR) is 103 cm³/mol. The van der Waals surface area contributed by atoms with Crippen molar-refractivity contribution in [1.82, 2.24) is 5.32 Å². The van der Waals surface area contributed by atoms with Crippen LogP contribution in [-0.4, -0.2) is 27.4 Å². The summed E-state index contributed by atoms with van der Waals surface area (Å²) >= 11 is 0. The Hall–Kier alpha value is -2.38. The molecule has 0 aliphatic carbocycles. The van der Waals surface area contributed by atoms with Crippen LogP contribution < -0.4 is 15.4 Å². The molecule has 2 aromatic carbocycles. The van der Waals surface area contributed by atoms with E-state index in [0.717, 1.165) is 19.4 Å². The Kier molecular flexibility index (Phi) is 5.58. The average Bonchev–Trinajstić information content (AvgIpc) is 2.64. The van der Waals surface area contributed by atoms with E-state index in [9.17, 15) is 13.2 Å². The number of nitrogens with one attached hydrogen (secondary N) is 3. The molecule has 2 aromatic rings. The zero-order valence-corrected chi connectivity index (χ0v) is 15.5. The second-order valence-electron chi connectivity index (χ2n) is 6.48. The first-order valence-electron chi connectivity index (χ1n) is 8.66. The van der Waals surface area contributed by atoms with Gasteiger partial charge in [-0.15, -0.1) is 0 Å². The molecule has 1 saturated heterocycles. The molecule has 7 heteroatoms. The average molecular weight is 373 g/mol. The van der Waals surface area contributed by atoms with Gasteiger partial charge < -0.3 is 10.6 Å². The van der Waals surface area contributed by atoms with E-state index < -0.39 is 10.0 Å². The van der Waals surface area contributed by atoms with Gasteiger partial charge in [0.1, 0.15) is 0 Å². The van der Waals surface area contributed by atoms with Gasteiger partial charge in [-0.1, -0.05) is 24.3 Å². The highest BCUT2D eigenvalue weighted by molar-refractivity contribution is 7.92. The first-order valence-corrected chi connectivity index (χ1v) is 10.1. The molecule has 26 heavy (non-hydrogen) atoms. The van der Waals surface area contributed by atoms with Crippen molar-refractivity contribution in [3.05, 3.63) is 54.1 Å². The van der Waals surface area contributed by atoms with Crippen LogP contribution in [0.15, 0.2) is 53.4 Å². The highest BCUT2D eigenvalue weighted by Gasteiger charge is 2.22. The Morgan fingerprint density at radius 1 is 1.12 bits per heavy atom. The number of hydrogen-bond acceptors (Lipinski definition) is 4. The van der Waals surface area contributed by atoms with Crippen LogP contribution in [0.4, 0.5) is 11.4 Å². The molecule has 1 fully saturated rings. The topological polar surface area (TPSA) is 87.3 Å². The molecular formula is C19H23N3O3S. The molecule has 1 unspecified atom stereocenters. The normalized spacial score (nSPS) is 17.5. The number of piperidine rings is 1. The van der Waals surface area contributed by atoms with E-state index in [1.54, 1.807) is 43.3 Å². The van der Waals surface area contributed by atoms with Crippen LogP contribution in [0.3, 0.4) is 0 Å². The van der Waals surface area contributed by atoms with Crippen LogP contribution in [0.25, 0.3) is 0 Å². The van der Waals surface area contributed by atoms with E-state index >= 15 is 0 Å². The number of sulfonamides is 1. The molecule has 0 bridgehead atoms. The first kappa shape index (κ1) is 18.4. The summed E-state index contributed by atoms with van der Waals surface area (Å²) in [6.07, 6.45) is 1.80. The minimum Gasteiger partial charge on any atom is -0.326 e. The third-order valence-electron chi connectivity index (χ3n) is 4.44. The first-order chi connectivity index (χ1) is 12.5. The summed E-state index contributed by atoms with van der Waals surface area (Å²) in [5.74, 6) is -0.173. The van der Waals surface area contributed by atoms with Crippen LogP contribution in [0.1, 0.15) is 18.4 Å². The Bertz CT molecular complexity index is 876. The summed E-state index contributed by atoms with van der Waals surface area (Å²) in [6, 6.07) is 13.7. The molecule has 0 aromatic heterocycles. The van der Waals surface area contributed by atoms with Gasteiger partial charge >= 0.3 is 0 Å². The summed E-state index contributed by atoms with van der Waals surface area (Å²) < 4.78 is 28.0. The number of para-hydroxylation sites is 1. The van der Waals surface area contributed by atoms with E-state index in [4.69, 9.17) is 0 Å². The Balaban J connectivity index is 1.79. The molecule has 0 radical (unpaired) electrons. The lowest BCUT2D eigenvalue weighted by Crippen LogP contribution is -2.37. The number of carbonyl (C=O) groups is 1. The maximum atomic E-state index is 12.7. The standard InChI is InChI=1S/C19H23N3O3S/c1-14-9-10-17(21-19(23)15-6-5-11-20-13-15)12-18(14)26(24,25)22-16-7-3-2-4-8-16/h2-4,7-10,12,15,20,22H,5-6,11,13H2,1H3,(H,21,23). The van der Waals surface area contributed by atoms with Gasteiger partial charge in [0.25, 0.3) is 10.0 Å². The lowest BCUT2D eigenvalue weighted by Gasteiger charge is -2.22. The third kappa shape index (κ3) is 4.42. The largest absolute Gasteiger partial charge is 0.326 e. The monoisotopic (exact) mass is 373 g/mol. The third-order valence-corrected chi connectivity index (χ3v) is 5.96. The minimum absolute atomic E-state index is 0.0829. The van der Waals surface area contributed by atoms with Gasteiger partial charge in [0.05, 0.1) is 10.8 Å². The van der Waals surface area contributed by atoms with Crippen LogP contribution in [-0.2, 0) is 14.8 Å². The molecule has 1 aliphatic heterocycles. The van der Waals surface area contributed by atoms with E-state index in [1.807, 2.05) is 6.07 Å². The number of rotatable bonds is 5. The van der Waals surface area contributed by atoms with Gasteiger partial charge in [-0.05, 0) is 56.1 Å². The molecule has 3 rings (SSSR count). The summed E-state index contributed by atoms with van der Waals surface area (Å²) in [6.45, 7) is 3.32. The van der Waals surface area contributed by atoms with Crippen molar-refractivity contribution in [3.8, 4) is 0 Å². The molecule has 1 amide bonds. The summed E-state index contributed by atoms with van der Waals surface area (Å²) in [7, 11) is -3.74. The minimum atomic E-state index is -3.74. The fraction of sp³-hybridized carbons (Fsp3) is 0.316. The lowest BCUT2D eigenvalue weighted by molar-refractivity contribution is -0.120. The maximum absolute atomic E-state index is 12.7. The smallest absolute Gasteiger partial charge is 0.262 e. The fourth-order valence-electron chi connectivity index (χ4n) is 3.00. The van der Waals surface area contributed by atoms with Gasteiger partial charge in [-0.2, -0.15) is 0 Å². The van der Waals surface area contributed by atoms with E-state index in [-0.39, 0.29) is 16.7 Å². The van der Waals surface area contributed by atoms with Crippen molar-refractivity contribution < 1.29 is 13.2 Å². The number of aryl methyl sites for hydroxylation is 1. The van der Waals surface area contributed by atoms with Crippen LogP contribution in [0, 0.1) is 12.8 Å². The van der Waals surface area contributed by atoms with E-state index in [0.29, 0.717) is 23.5 Å². The molecule has 0 spiro atoms. The van der Waals surface area contributed by atoms with Crippen LogP contribution in [0.2, 0.25) is 0 Å². The number of anilines is 2. The summed E-state index contributed by atoms with van der Waals surface area (Å²) in [4.78, 5) is 12.5. The predicted octanol–water partition coefficient (Wildman–Crippen LogP) is 2.73. The number of hydrogen-bond donors (Lipinski definition) is 3. The Morgan fingerprint density at radius 3 is 2.58 bits per heavy atom. The maximum Gasteiger partial charge on any atom is 0.262 e. The number of amides is 1. The molecule has 6 nitrogen and oxygen atoms in total. The van der Waals surface area contributed by atoms with Crippen molar-refractivity contribution in [2.24, 2.45) is 5.92 Å².